The molecule has 0 spiro atoms. The molecular formula is C20H21NO7. The summed E-state index contributed by atoms with van der Waals surface area (Å²) in [6.07, 6.45) is 1.32. The second-order valence-corrected chi connectivity index (χ2v) is 5.50. The predicted octanol–water partition coefficient (Wildman–Crippen LogP) is 2.58. The number of nitrogens with one attached hydrogen (secondary N) is 1. The van der Waals surface area contributed by atoms with Crippen molar-refractivity contribution in [1.29, 1.82) is 0 Å². The standard InChI is InChI=1S/C20H21NO7/c1-25-15-7-5-12(10-17(15)27-3)9-14(20(23)24)21-19(22)13-6-8-16(26-2)18(11-13)28-4/h5-11H,1-4H3,(H,21,22)(H,23,24). The van der Waals surface area contributed by atoms with Crippen molar-refractivity contribution in [3.05, 3.63) is 53.2 Å². The SMILES string of the molecule is COc1ccc(C=C(NC(=O)c2ccc(OC)c(OC)c2)C(=O)O)cc1OC. The van der Waals surface area contributed by atoms with Gasteiger partial charge < -0.3 is 29.4 Å². The zero-order chi connectivity index (χ0) is 20.7. The third-order valence-corrected chi connectivity index (χ3v) is 3.84. The Morgan fingerprint density at radius 1 is 0.821 bits per heavy atom. The Kier molecular flexibility index (Phi) is 6.86. The number of hydrogen-bond acceptors (Lipinski definition) is 6. The summed E-state index contributed by atoms with van der Waals surface area (Å²) in [4.78, 5) is 24.1. The lowest BCUT2D eigenvalue weighted by atomic mass is 10.1. The van der Waals surface area contributed by atoms with Gasteiger partial charge in [0, 0.05) is 5.56 Å². The first-order valence-corrected chi connectivity index (χ1v) is 8.13. The summed E-state index contributed by atoms with van der Waals surface area (Å²) >= 11 is 0. The molecule has 2 rings (SSSR count). The van der Waals surface area contributed by atoms with Crippen LogP contribution in [0.2, 0.25) is 0 Å². The van der Waals surface area contributed by atoms with E-state index in [4.69, 9.17) is 18.9 Å². The molecule has 0 atom stereocenters. The maximum atomic E-state index is 12.5. The van der Waals surface area contributed by atoms with Crippen LogP contribution >= 0.6 is 0 Å². The summed E-state index contributed by atoms with van der Waals surface area (Å²) in [6.45, 7) is 0. The first-order valence-electron chi connectivity index (χ1n) is 8.13. The third kappa shape index (κ3) is 4.73. The van der Waals surface area contributed by atoms with Crippen LogP contribution in [0.15, 0.2) is 42.1 Å². The van der Waals surface area contributed by atoms with Gasteiger partial charge >= 0.3 is 5.97 Å². The van der Waals surface area contributed by atoms with Crippen LogP contribution in [0, 0.1) is 0 Å². The fourth-order valence-electron chi connectivity index (χ4n) is 2.43. The van der Waals surface area contributed by atoms with Crippen molar-refractivity contribution in [3.63, 3.8) is 0 Å². The van der Waals surface area contributed by atoms with Crippen molar-refractivity contribution in [2.45, 2.75) is 0 Å². The number of carbonyl (C=O) groups is 2. The topological polar surface area (TPSA) is 103 Å². The lowest BCUT2D eigenvalue weighted by molar-refractivity contribution is -0.132. The van der Waals surface area contributed by atoms with Crippen molar-refractivity contribution in [2.75, 3.05) is 28.4 Å². The van der Waals surface area contributed by atoms with Crippen LogP contribution in [-0.4, -0.2) is 45.4 Å². The van der Waals surface area contributed by atoms with Crippen molar-refractivity contribution in [1.82, 2.24) is 5.32 Å². The predicted molar refractivity (Wildman–Crippen MR) is 102 cm³/mol. The van der Waals surface area contributed by atoms with Crippen LogP contribution in [0.3, 0.4) is 0 Å². The molecule has 8 heteroatoms. The molecule has 0 aliphatic heterocycles. The van der Waals surface area contributed by atoms with Gasteiger partial charge in [0.15, 0.2) is 23.0 Å². The van der Waals surface area contributed by atoms with E-state index in [2.05, 4.69) is 5.32 Å². The van der Waals surface area contributed by atoms with E-state index in [0.29, 0.717) is 28.6 Å². The summed E-state index contributed by atoms with van der Waals surface area (Å²) in [6, 6.07) is 9.42. The molecule has 8 nitrogen and oxygen atoms in total. The van der Waals surface area contributed by atoms with Crippen molar-refractivity contribution >= 4 is 18.0 Å². The minimum Gasteiger partial charge on any atom is -0.493 e. The van der Waals surface area contributed by atoms with E-state index in [1.807, 2.05) is 0 Å². The van der Waals surface area contributed by atoms with Gasteiger partial charge in [0.25, 0.3) is 5.91 Å². The van der Waals surface area contributed by atoms with E-state index < -0.39 is 11.9 Å². The minimum absolute atomic E-state index is 0.220. The van der Waals surface area contributed by atoms with Gasteiger partial charge in [0.2, 0.25) is 0 Å². The van der Waals surface area contributed by atoms with Gasteiger partial charge in [-0.05, 0) is 42.0 Å². The van der Waals surface area contributed by atoms with Crippen LogP contribution in [-0.2, 0) is 4.79 Å². The highest BCUT2D eigenvalue weighted by atomic mass is 16.5. The van der Waals surface area contributed by atoms with Gasteiger partial charge in [0.1, 0.15) is 5.70 Å². The lowest BCUT2D eigenvalue weighted by Crippen LogP contribution is -2.27. The smallest absolute Gasteiger partial charge is 0.352 e. The molecule has 0 aromatic heterocycles. The quantitative estimate of drug-likeness (QED) is 0.671. The summed E-state index contributed by atoms with van der Waals surface area (Å²) in [5.74, 6) is -0.133. The van der Waals surface area contributed by atoms with Gasteiger partial charge in [-0.1, -0.05) is 6.07 Å². The molecule has 2 aromatic rings. The Labute approximate surface area is 162 Å². The largest absolute Gasteiger partial charge is 0.493 e. The minimum atomic E-state index is -1.29. The van der Waals surface area contributed by atoms with Crippen molar-refractivity contribution < 1.29 is 33.6 Å². The molecule has 0 fully saturated rings. The number of carbonyl (C=O) groups excluding carboxylic acids is 1. The molecule has 0 unspecified atom stereocenters. The van der Waals surface area contributed by atoms with Gasteiger partial charge in [-0.2, -0.15) is 0 Å². The summed E-state index contributed by atoms with van der Waals surface area (Å²) in [7, 11) is 5.90. The highest BCUT2D eigenvalue weighted by molar-refractivity contribution is 6.03. The molecule has 1 amide bonds. The van der Waals surface area contributed by atoms with Crippen LogP contribution in [0.4, 0.5) is 0 Å². The van der Waals surface area contributed by atoms with Crippen LogP contribution < -0.4 is 24.3 Å². The molecule has 148 valence electrons. The highest BCUT2D eigenvalue weighted by Crippen LogP contribution is 2.29. The van der Waals surface area contributed by atoms with Gasteiger partial charge in [-0.3, -0.25) is 4.79 Å². The van der Waals surface area contributed by atoms with Gasteiger partial charge in [0.05, 0.1) is 28.4 Å². The molecule has 0 heterocycles. The Hall–Kier alpha value is -3.68. The van der Waals surface area contributed by atoms with E-state index in [9.17, 15) is 14.7 Å². The number of hydrogen-bond donors (Lipinski definition) is 2. The Balaban J connectivity index is 2.31. The van der Waals surface area contributed by atoms with Gasteiger partial charge in [-0.25, -0.2) is 4.79 Å². The van der Waals surface area contributed by atoms with Gasteiger partial charge in [-0.15, -0.1) is 0 Å². The van der Waals surface area contributed by atoms with E-state index in [1.165, 1.54) is 46.6 Å². The number of ether oxygens (including phenoxy) is 4. The average molecular weight is 387 g/mol. The molecule has 2 aromatic carbocycles. The lowest BCUT2D eigenvalue weighted by Gasteiger charge is -2.11. The average Bonchev–Trinajstić information content (AvgIpc) is 2.72. The maximum absolute atomic E-state index is 12.5. The summed E-state index contributed by atoms with van der Waals surface area (Å²) in [5.41, 5.74) is 0.437. The molecule has 0 aliphatic carbocycles. The maximum Gasteiger partial charge on any atom is 0.352 e. The first-order chi connectivity index (χ1) is 13.4. The zero-order valence-corrected chi connectivity index (χ0v) is 15.9. The normalized spacial score (nSPS) is 10.8. The van der Waals surface area contributed by atoms with E-state index >= 15 is 0 Å². The fourth-order valence-corrected chi connectivity index (χ4v) is 2.43. The molecular weight excluding hydrogens is 366 g/mol. The van der Waals surface area contributed by atoms with Crippen LogP contribution in [0.25, 0.3) is 6.08 Å². The van der Waals surface area contributed by atoms with Crippen molar-refractivity contribution in [3.8, 4) is 23.0 Å². The fraction of sp³-hybridized carbons (Fsp3) is 0.200. The van der Waals surface area contributed by atoms with E-state index in [1.54, 1.807) is 24.3 Å². The molecule has 0 radical (unpaired) electrons. The monoisotopic (exact) mass is 387 g/mol. The second kappa shape index (κ2) is 9.31. The number of carboxylic acids is 1. The van der Waals surface area contributed by atoms with Crippen molar-refractivity contribution in [2.24, 2.45) is 0 Å². The molecule has 28 heavy (non-hydrogen) atoms. The highest BCUT2D eigenvalue weighted by Gasteiger charge is 2.16. The molecule has 2 N–H and O–H groups in total. The number of benzene rings is 2. The number of aliphatic carboxylic acids is 1. The Morgan fingerprint density at radius 3 is 1.89 bits per heavy atom. The second-order valence-electron chi connectivity index (χ2n) is 5.50. The van der Waals surface area contributed by atoms with Crippen LogP contribution in [0.1, 0.15) is 15.9 Å². The van der Waals surface area contributed by atoms with E-state index in [0.717, 1.165) is 0 Å². The Morgan fingerprint density at radius 2 is 1.36 bits per heavy atom. The first kappa shape index (κ1) is 20.6. The third-order valence-electron chi connectivity index (χ3n) is 3.84. The van der Waals surface area contributed by atoms with Crippen LogP contribution in [0.5, 0.6) is 23.0 Å². The molecule has 0 bridgehead atoms. The number of rotatable bonds is 8. The number of amides is 1. The zero-order valence-electron chi connectivity index (χ0n) is 15.9. The number of methoxy groups -OCH3 is 4. The van der Waals surface area contributed by atoms with E-state index in [-0.39, 0.29) is 11.3 Å². The summed E-state index contributed by atoms with van der Waals surface area (Å²) < 4.78 is 20.6. The Bertz CT molecular complexity index is 905. The molecule has 0 saturated carbocycles. The molecule has 0 saturated heterocycles. The summed E-state index contributed by atoms with van der Waals surface area (Å²) in [5, 5.41) is 11.8. The number of carboxylic acid groups (broad SMARTS) is 1. The molecule has 0 aliphatic rings.